The number of hydrogen-bond acceptors (Lipinski definition) is 5. The van der Waals surface area contributed by atoms with E-state index in [4.69, 9.17) is 5.84 Å². The first kappa shape index (κ1) is 12.8. The molecular formula is C12H19N5O. The van der Waals surface area contributed by atoms with Crippen molar-refractivity contribution < 1.29 is 4.79 Å². The second-order valence-corrected chi connectivity index (χ2v) is 4.48. The van der Waals surface area contributed by atoms with E-state index in [2.05, 4.69) is 15.6 Å². The molecule has 1 aromatic heterocycles. The van der Waals surface area contributed by atoms with Gasteiger partial charge in [0.1, 0.15) is 0 Å². The fraction of sp³-hybridized carbons (Fsp3) is 0.583. The minimum atomic E-state index is -0.0412. The molecule has 1 aliphatic rings. The summed E-state index contributed by atoms with van der Waals surface area (Å²) < 4.78 is 0. The fourth-order valence-electron chi connectivity index (χ4n) is 2.45. The molecule has 0 spiro atoms. The third-order valence-corrected chi connectivity index (χ3v) is 3.40. The number of amides is 1. The Morgan fingerprint density at radius 2 is 2.17 bits per heavy atom. The normalized spacial score (nSPS) is 15.7. The van der Waals surface area contributed by atoms with Crippen LogP contribution in [0.1, 0.15) is 43.1 Å². The first-order valence-electron chi connectivity index (χ1n) is 6.37. The molecule has 0 radical (unpaired) electrons. The Labute approximate surface area is 107 Å². The van der Waals surface area contributed by atoms with Gasteiger partial charge >= 0.3 is 0 Å². The summed E-state index contributed by atoms with van der Waals surface area (Å²) in [7, 11) is 0. The van der Waals surface area contributed by atoms with Crippen LogP contribution in [0.3, 0.4) is 0 Å². The first-order chi connectivity index (χ1) is 8.76. The molecule has 1 heterocycles. The minimum absolute atomic E-state index is 0.0412. The van der Waals surface area contributed by atoms with Crippen LogP contribution < -0.4 is 11.3 Å². The van der Waals surface area contributed by atoms with E-state index >= 15 is 0 Å². The van der Waals surface area contributed by atoms with Crippen LogP contribution in [-0.4, -0.2) is 33.6 Å². The standard InChI is InChI=1S/C12H19N5O/c1-2-17(9-5-3-4-6-9)12(18)10-7-8-11(14-13)16-15-10/h7-9H,2-6,13H2,1H3,(H,14,16). The van der Waals surface area contributed by atoms with E-state index in [0.717, 1.165) is 12.8 Å². The Balaban J connectivity index is 2.11. The quantitative estimate of drug-likeness (QED) is 0.618. The van der Waals surface area contributed by atoms with E-state index in [1.807, 2.05) is 11.8 Å². The average Bonchev–Trinajstić information content (AvgIpc) is 2.93. The first-order valence-corrected chi connectivity index (χ1v) is 6.37. The largest absolute Gasteiger partial charge is 0.335 e. The number of nitrogens with one attached hydrogen (secondary N) is 1. The maximum absolute atomic E-state index is 12.3. The van der Waals surface area contributed by atoms with E-state index in [1.165, 1.54) is 12.8 Å². The highest BCUT2D eigenvalue weighted by atomic mass is 16.2. The van der Waals surface area contributed by atoms with Crippen LogP contribution in [0.2, 0.25) is 0 Å². The number of aromatic nitrogens is 2. The Kier molecular flexibility index (Phi) is 4.09. The molecular weight excluding hydrogens is 230 g/mol. The number of anilines is 1. The van der Waals surface area contributed by atoms with Gasteiger partial charge in [-0.2, -0.15) is 0 Å². The summed E-state index contributed by atoms with van der Waals surface area (Å²) in [6, 6.07) is 3.67. The van der Waals surface area contributed by atoms with E-state index in [0.29, 0.717) is 24.1 Å². The zero-order chi connectivity index (χ0) is 13.0. The monoisotopic (exact) mass is 249 g/mol. The molecule has 6 nitrogen and oxygen atoms in total. The lowest BCUT2D eigenvalue weighted by Gasteiger charge is -2.27. The summed E-state index contributed by atoms with van der Waals surface area (Å²) >= 11 is 0. The van der Waals surface area contributed by atoms with Gasteiger partial charge in [-0.3, -0.25) is 4.79 Å². The van der Waals surface area contributed by atoms with Crippen molar-refractivity contribution in [3.8, 4) is 0 Å². The third-order valence-electron chi connectivity index (χ3n) is 3.40. The minimum Gasteiger partial charge on any atom is -0.335 e. The fourth-order valence-corrected chi connectivity index (χ4v) is 2.45. The lowest BCUT2D eigenvalue weighted by atomic mass is 10.2. The van der Waals surface area contributed by atoms with Crippen molar-refractivity contribution in [2.24, 2.45) is 5.84 Å². The average molecular weight is 249 g/mol. The van der Waals surface area contributed by atoms with Gasteiger partial charge in [0.25, 0.3) is 5.91 Å². The predicted molar refractivity (Wildman–Crippen MR) is 68.8 cm³/mol. The van der Waals surface area contributed by atoms with Gasteiger partial charge in [0.2, 0.25) is 0 Å². The van der Waals surface area contributed by atoms with Crippen LogP contribution in [0.4, 0.5) is 5.82 Å². The Morgan fingerprint density at radius 1 is 1.44 bits per heavy atom. The molecule has 6 heteroatoms. The number of carbonyl (C=O) groups is 1. The van der Waals surface area contributed by atoms with Gasteiger partial charge in [-0.25, -0.2) is 5.84 Å². The lowest BCUT2D eigenvalue weighted by molar-refractivity contribution is 0.0686. The summed E-state index contributed by atoms with van der Waals surface area (Å²) in [4.78, 5) is 14.2. The Morgan fingerprint density at radius 3 is 2.67 bits per heavy atom. The lowest BCUT2D eigenvalue weighted by Crippen LogP contribution is -2.39. The summed E-state index contributed by atoms with van der Waals surface area (Å²) in [6.45, 7) is 2.71. The molecule has 0 aliphatic heterocycles. The third kappa shape index (κ3) is 2.59. The highest BCUT2D eigenvalue weighted by Crippen LogP contribution is 2.24. The molecule has 3 N–H and O–H groups in total. The molecule has 0 aromatic carbocycles. The van der Waals surface area contributed by atoms with Crippen LogP contribution in [-0.2, 0) is 0 Å². The Bertz CT molecular complexity index is 399. The van der Waals surface area contributed by atoms with Crippen molar-refractivity contribution in [2.75, 3.05) is 12.0 Å². The van der Waals surface area contributed by atoms with Crippen molar-refractivity contribution in [1.82, 2.24) is 15.1 Å². The molecule has 1 fully saturated rings. The number of hydrazine groups is 1. The second-order valence-electron chi connectivity index (χ2n) is 4.48. The van der Waals surface area contributed by atoms with Crippen molar-refractivity contribution >= 4 is 11.7 Å². The number of nitrogens with two attached hydrogens (primary N) is 1. The van der Waals surface area contributed by atoms with E-state index in [-0.39, 0.29) is 5.91 Å². The molecule has 1 amide bonds. The van der Waals surface area contributed by atoms with Crippen molar-refractivity contribution in [2.45, 2.75) is 38.6 Å². The number of nitrogen functional groups attached to an aromatic ring is 1. The number of rotatable bonds is 4. The molecule has 1 aliphatic carbocycles. The van der Waals surface area contributed by atoms with Gasteiger partial charge in [0, 0.05) is 12.6 Å². The van der Waals surface area contributed by atoms with Gasteiger partial charge < -0.3 is 10.3 Å². The molecule has 1 aromatic rings. The summed E-state index contributed by atoms with van der Waals surface area (Å²) in [5.74, 6) is 5.63. The van der Waals surface area contributed by atoms with Crippen molar-refractivity contribution in [1.29, 1.82) is 0 Å². The SMILES string of the molecule is CCN(C(=O)c1ccc(NN)nn1)C1CCCC1. The zero-order valence-electron chi connectivity index (χ0n) is 10.6. The van der Waals surface area contributed by atoms with Gasteiger partial charge in [-0.15, -0.1) is 10.2 Å². The molecule has 2 rings (SSSR count). The highest BCUT2D eigenvalue weighted by Gasteiger charge is 2.26. The second kappa shape index (κ2) is 5.77. The maximum atomic E-state index is 12.3. The van der Waals surface area contributed by atoms with Crippen LogP contribution in [0.25, 0.3) is 0 Å². The summed E-state index contributed by atoms with van der Waals surface area (Å²) in [5, 5.41) is 7.73. The van der Waals surface area contributed by atoms with Gasteiger partial charge in [-0.1, -0.05) is 12.8 Å². The van der Waals surface area contributed by atoms with Gasteiger partial charge in [-0.05, 0) is 31.9 Å². The predicted octanol–water partition coefficient (Wildman–Crippen LogP) is 1.17. The van der Waals surface area contributed by atoms with E-state index in [9.17, 15) is 4.79 Å². The summed E-state index contributed by atoms with van der Waals surface area (Å²) in [5.41, 5.74) is 2.77. The number of nitrogens with zero attached hydrogens (tertiary/aromatic N) is 3. The molecule has 98 valence electrons. The Hall–Kier alpha value is -1.69. The van der Waals surface area contributed by atoms with Gasteiger partial charge in [0.05, 0.1) is 0 Å². The molecule has 0 unspecified atom stereocenters. The van der Waals surface area contributed by atoms with E-state index < -0.39 is 0 Å². The number of hydrogen-bond donors (Lipinski definition) is 2. The molecule has 0 saturated heterocycles. The van der Waals surface area contributed by atoms with Gasteiger partial charge in [0.15, 0.2) is 11.5 Å². The van der Waals surface area contributed by atoms with Crippen LogP contribution >= 0.6 is 0 Å². The van der Waals surface area contributed by atoms with Crippen LogP contribution in [0.15, 0.2) is 12.1 Å². The topological polar surface area (TPSA) is 84.1 Å². The van der Waals surface area contributed by atoms with Crippen molar-refractivity contribution in [3.63, 3.8) is 0 Å². The molecule has 0 atom stereocenters. The van der Waals surface area contributed by atoms with Crippen LogP contribution in [0, 0.1) is 0 Å². The highest BCUT2D eigenvalue weighted by molar-refractivity contribution is 5.92. The zero-order valence-corrected chi connectivity index (χ0v) is 10.6. The number of carbonyl (C=O) groups excluding carboxylic acids is 1. The summed E-state index contributed by atoms with van der Waals surface area (Å²) in [6.07, 6.45) is 4.59. The molecule has 0 bridgehead atoms. The van der Waals surface area contributed by atoms with E-state index in [1.54, 1.807) is 12.1 Å². The smallest absolute Gasteiger partial charge is 0.274 e. The van der Waals surface area contributed by atoms with Crippen molar-refractivity contribution in [3.05, 3.63) is 17.8 Å². The molecule has 18 heavy (non-hydrogen) atoms. The van der Waals surface area contributed by atoms with Crippen LogP contribution in [0.5, 0.6) is 0 Å². The molecule has 1 saturated carbocycles. The maximum Gasteiger partial charge on any atom is 0.274 e.